The number of benzene rings is 2. The Morgan fingerprint density at radius 1 is 1.00 bits per heavy atom. The van der Waals surface area contributed by atoms with Crippen LogP contribution < -0.4 is 5.73 Å². The largest absolute Gasteiger partial charge is 0.369 e. The van der Waals surface area contributed by atoms with Gasteiger partial charge in [-0.2, -0.15) is 0 Å². The van der Waals surface area contributed by atoms with E-state index in [2.05, 4.69) is 4.98 Å². The van der Waals surface area contributed by atoms with Gasteiger partial charge in [-0.3, -0.25) is 4.57 Å². The number of hydrogen-bond donors (Lipinski definition) is 1. The topological polar surface area (TPSA) is 43.8 Å². The van der Waals surface area contributed by atoms with Gasteiger partial charge in [0.05, 0.1) is 26.8 Å². The molecule has 0 amide bonds. The molecule has 0 bridgehead atoms. The Kier molecular flexibility index (Phi) is 3.22. The predicted octanol–water partition coefficient (Wildman–Crippen LogP) is 4.33. The molecule has 3 rings (SSSR count). The number of imidazole rings is 1. The first-order chi connectivity index (χ1) is 9.88. The Morgan fingerprint density at radius 3 is 2.38 bits per heavy atom. The molecule has 21 heavy (non-hydrogen) atoms. The summed E-state index contributed by atoms with van der Waals surface area (Å²) in [6.45, 7) is 0. The number of nitrogens with two attached hydrogens (primary N) is 1. The van der Waals surface area contributed by atoms with Crippen molar-refractivity contribution in [2.45, 2.75) is 0 Å². The van der Waals surface area contributed by atoms with Gasteiger partial charge in [-0.05, 0) is 12.1 Å². The molecule has 1 aromatic heterocycles. The van der Waals surface area contributed by atoms with E-state index in [0.29, 0.717) is 11.6 Å². The minimum absolute atomic E-state index is 0.146. The van der Waals surface area contributed by atoms with Crippen LogP contribution in [-0.2, 0) is 0 Å². The fourth-order valence-corrected chi connectivity index (χ4v) is 2.37. The van der Waals surface area contributed by atoms with Crippen molar-refractivity contribution in [3.8, 4) is 5.69 Å². The first-order valence-corrected chi connectivity index (χ1v) is 6.42. The summed E-state index contributed by atoms with van der Waals surface area (Å²) in [5, 5.41) is 0.419. The molecule has 0 spiro atoms. The molecule has 0 saturated carbocycles. The lowest BCUT2D eigenvalue weighted by Gasteiger charge is -2.09. The zero-order valence-electron chi connectivity index (χ0n) is 10.2. The molecule has 2 aromatic carbocycles. The van der Waals surface area contributed by atoms with E-state index >= 15 is 0 Å². The molecule has 0 aliphatic heterocycles. The third-order valence-corrected chi connectivity index (χ3v) is 3.66. The van der Waals surface area contributed by atoms with E-state index in [0.717, 1.165) is 10.6 Å². The highest BCUT2D eigenvalue weighted by molar-refractivity contribution is 6.42. The summed E-state index contributed by atoms with van der Waals surface area (Å²) in [4.78, 5) is 3.98. The van der Waals surface area contributed by atoms with Crippen molar-refractivity contribution in [1.82, 2.24) is 9.55 Å². The number of nitrogens with zero attached hydrogens (tertiary/aromatic N) is 2. The molecule has 0 unspecified atom stereocenters. The van der Waals surface area contributed by atoms with Crippen molar-refractivity contribution in [2.75, 3.05) is 5.73 Å². The van der Waals surface area contributed by atoms with E-state index in [1.165, 1.54) is 12.1 Å². The van der Waals surface area contributed by atoms with Crippen LogP contribution >= 0.6 is 23.2 Å². The number of halogens is 5. The third-order valence-electron chi connectivity index (χ3n) is 2.94. The van der Waals surface area contributed by atoms with E-state index in [9.17, 15) is 13.2 Å². The highest BCUT2D eigenvalue weighted by Gasteiger charge is 2.19. The van der Waals surface area contributed by atoms with Crippen molar-refractivity contribution < 1.29 is 13.2 Å². The minimum Gasteiger partial charge on any atom is -0.369 e. The molecule has 0 aliphatic rings. The summed E-state index contributed by atoms with van der Waals surface area (Å²) in [5.74, 6) is -3.66. The first kappa shape index (κ1) is 14.0. The maximum atomic E-state index is 13.9. The molecule has 108 valence electrons. The highest BCUT2D eigenvalue weighted by Crippen LogP contribution is 2.32. The van der Waals surface area contributed by atoms with Gasteiger partial charge in [0.2, 0.25) is 5.95 Å². The highest BCUT2D eigenvalue weighted by atomic mass is 35.5. The van der Waals surface area contributed by atoms with Gasteiger partial charge in [-0.1, -0.05) is 23.2 Å². The summed E-state index contributed by atoms with van der Waals surface area (Å²) < 4.78 is 41.7. The maximum absolute atomic E-state index is 13.9. The molecule has 0 aliphatic carbocycles. The maximum Gasteiger partial charge on any atom is 0.206 e. The zero-order valence-corrected chi connectivity index (χ0v) is 11.7. The lowest BCUT2D eigenvalue weighted by Crippen LogP contribution is -2.05. The van der Waals surface area contributed by atoms with Gasteiger partial charge in [-0.25, -0.2) is 18.2 Å². The molecular weight excluding hydrogens is 326 g/mol. The minimum atomic E-state index is -1.33. The van der Waals surface area contributed by atoms with Gasteiger partial charge < -0.3 is 5.73 Å². The fourth-order valence-electron chi connectivity index (χ4n) is 2.05. The first-order valence-electron chi connectivity index (χ1n) is 5.66. The number of hydrogen-bond acceptors (Lipinski definition) is 2. The molecule has 1 heterocycles. The van der Waals surface area contributed by atoms with Gasteiger partial charge in [0.25, 0.3) is 0 Å². The molecular formula is C13H6Cl2F3N3. The number of nitrogen functional groups attached to an aromatic ring is 1. The van der Waals surface area contributed by atoms with Crippen molar-refractivity contribution in [3.63, 3.8) is 0 Å². The Morgan fingerprint density at radius 2 is 1.67 bits per heavy atom. The third kappa shape index (κ3) is 2.20. The quantitative estimate of drug-likeness (QED) is 0.674. The lowest BCUT2D eigenvalue weighted by atomic mass is 10.2. The standard InChI is InChI=1S/C13H6Cl2F3N3/c14-6-3-9-10(4-7(6)15)21(13(19)20-9)11-2-5(16)1-8(17)12(11)18/h1-4H,(H2,19,20). The fraction of sp³-hybridized carbons (Fsp3) is 0. The van der Waals surface area contributed by atoms with E-state index in [4.69, 9.17) is 28.9 Å². The van der Waals surface area contributed by atoms with Crippen LogP contribution in [0.15, 0.2) is 24.3 Å². The van der Waals surface area contributed by atoms with E-state index < -0.39 is 23.1 Å². The van der Waals surface area contributed by atoms with Gasteiger partial charge >= 0.3 is 0 Å². The van der Waals surface area contributed by atoms with Crippen molar-refractivity contribution in [3.05, 3.63) is 51.8 Å². The number of anilines is 1. The van der Waals surface area contributed by atoms with Crippen LogP contribution in [0.25, 0.3) is 16.7 Å². The second-order valence-electron chi connectivity index (χ2n) is 4.28. The van der Waals surface area contributed by atoms with Crippen LogP contribution in [0.5, 0.6) is 0 Å². The van der Waals surface area contributed by atoms with E-state index in [-0.39, 0.29) is 21.5 Å². The van der Waals surface area contributed by atoms with Crippen LogP contribution in [0, 0.1) is 17.5 Å². The predicted molar refractivity (Wildman–Crippen MR) is 75.4 cm³/mol. The van der Waals surface area contributed by atoms with Crippen LogP contribution in [0.4, 0.5) is 19.1 Å². The van der Waals surface area contributed by atoms with Crippen molar-refractivity contribution in [1.29, 1.82) is 0 Å². The Bertz CT molecular complexity index is 877. The average molecular weight is 332 g/mol. The molecule has 2 N–H and O–H groups in total. The Balaban J connectivity index is 2.40. The van der Waals surface area contributed by atoms with Crippen LogP contribution in [0.1, 0.15) is 0 Å². The molecule has 0 saturated heterocycles. The smallest absolute Gasteiger partial charge is 0.206 e. The summed E-state index contributed by atoms with van der Waals surface area (Å²) in [5.41, 5.74) is 5.92. The number of fused-ring (bicyclic) bond motifs is 1. The summed E-state index contributed by atoms with van der Waals surface area (Å²) in [7, 11) is 0. The molecule has 0 radical (unpaired) electrons. The molecule has 3 aromatic rings. The van der Waals surface area contributed by atoms with E-state index in [1.807, 2.05) is 0 Å². The van der Waals surface area contributed by atoms with Gasteiger partial charge in [-0.15, -0.1) is 0 Å². The zero-order chi connectivity index (χ0) is 15.3. The Hall–Kier alpha value is -1.92. The number of rotatable bonds is 1. The molecule has 8 heteroatoms. The summed E-state index contributed by atoms with van der Waals surface area (Å²) in [6.07, 6.45) is 0. The Labute approximate surface area is 126 Å². The van der Waals surface area contributed by atoms with Gasteiger partial charge in [0, 0.05) is 12.1 Å². The summed E-state index contributed by atoms with van der Waals surface area (Å²) in [6, 6.07) is 4.08. The van der Waals surface area contributed by atoms with E-state index in [1.54, 1.807) is 0 Å². The molecule has 0 fully saturated rings. The van der Waals surface area contributed by atoms with Gasteiger partial charge in [0.1, 0.15) is 5.82 Å². The average Bonchev–Trinajstić information content (AvgIpc) is 2.70. The number of aromatic nitrogens is 2. The summed E-state index contributed by atoms with van der Waals surface area (Å²) >= 11 is 11.8. The monoisotopic (exact) mass is 331 g/mol. The normalized spacial score (nSPS) is 11.3. The van der Waals surface area contributed by atoms with Crippen LogP contribution in [-0.4, -0.2) is 9.55 Å². The van der Waals surface area contributed by atoms with Crippen LogP contribution in [0.3, 0.4) is 0 Å². The van der Waals surface area contributed by atoms with Gasteiger partial charge in [0.15, 0.2) is 11.6 Å². The molecule has 0 atom stereocenters. The second-order valence-corrected chi connectivity index (χ2v) is 5.10. The van der Waals surface area contributed by atoms with Crippen LogP contribution in [0.2, 0.25) is 10.0 Å². The molecule has 3 nitrogen and oxygen atoms in total. The SMILES string of the molecule is Nc1nc2cc(Cl)c(Cl)cc2n1-c1cc(F)cc(F)c1F. The second kappa shape index (κ2) is 4.82. The van der Waals surface area contributed by atoms with Crippen molar-refractivity contribution in [2.24, 2.45) is 0 Å². The lowest BCUT2D eigenvalue weighted by molar-refractivity contribution is 0.491. The van der Waals surface area contributed by atoms with Crippen molar-refractivity contribution >= 4 is 40.2 Å².